The van der Waals surface area contributed by atoms with Gasteiger partial charge in [0.25, 0.3) is 0 Å². The molecule has 0 saturated heterocycles. The molecule has 0 aliphatic carbocycles. The standard InChI is InChI=1S/C10H7ClN4O2/c11-9-2-1-8(15(16)17)10(14-9)13-7-3-5-12-6-4-7/h1-6H,(H,12,13,14). The van der Waals surface area contributed by atoms with Crippen LogP contribution in [-0.2, 0) is 0 Å². The summed E-state index contributed by atoms with van der Waals surface area (Å²) in [6.45, 7) is 0. The van der Waals surface area contributed by atoms with Crippen molar-refractivity contribution in [3.05, 3.63) is 51.9 Å². The molecule has 7 heteroatoms. The molecule has 0 unspecified atom stereocenters. The molecule has 0 saturated carbocycles. The molecule has 0 bridgehead atoms. The zero-order valence-corrected chi connectivity index (χ0v) is 9.26. The molecule has 1 N–H and O–H groups in total. The highest BCUT2D eigenvalue weighted by Crippen LogP contribution is 2.26. The minimum atomic E-state index is -0.521. The first-order chi connectivity index (χ1) is 8.16. The van der Waals surface area contributed by atoms with Gasteiger partial charge >= 0.3 is 5.69 Å². The van der Waals surface area contributed by atoms with Gasteiger partial charge in [0.15, 0.2) is 0 Å². The molecule has 2 aromatic heterocycles. The lowest BCUT2D eigenvalue weighted by Gasteiger charge is -2.05. The third-order valence-corrected chi connectivity index (χ3v) is 2.19. The van der Waals surface area contributed by atoms with Gasteiger partial charge < -0.3 is 5.32 Å². The van der Waals surface area contributed by atoms with E-state index in [4.69, 9.17) is 11.6 Å². The topological polar surface area (TPSA) is 81.0 Å². The average molecular weight is 251 g/mol. The van der Waals surface area contributed by atoms with Gasteiger partial charge in [0.2, 0.25) is 5.82 Å². The monoisotopic (exact) mass is 250 g/mol. The third kappa shape index (κ3) is 2.67. The summed E-state index contributed by atoms with van der Waals surface area (Å²) in [4.78, 5) is 18.0. The van der Waals surface area contributed by atoms with E-state index in [0.29, 0.717) is 5.69 Å². The summed E-state index contributed by atoms with van der Waals surface area (Å²) in [7, 11) is 0. The Kier molecular flexibility index (Phi) is 3.15. The molecule has 0 amide bonds. The van der Waals surface area contributed by atoms with Crippen LogP contribution in [0.15, 0.2) is 36.7 Å². The van der Waals surface area contributed by atoms with Gasteiger partial charge in [-0.05, 0) is 18.2 Å². The summed E-state index contributed by atoms with van der Waals surface area (Å²) in [6, 6.07) is 6.02. The Morgan fingerprint density at radius 2 is 1.94 bits per heavy atom. The van der Waals surface area contributed by atoms with Crippen LogP contribution in [-0.4, -0.2) is 14.9 Å². The highest BCUT2D eigenvalue weighted by Gasteiger charge is 2.15. The Hall–Kier alpha value is -2.21. The Bertz CT molecular complexity index is 547. The molecule has 2 heterocycles. The van der Waals surface area contributed by atoms with Gasteiger partial charge in [-0.15, -0.1) is 0 Å². The molecule has 2 rings (SSSR count). The molecule has 6 nitrogen and oxygen atoms in total. The number of rotatable bonds is 3. The number of hydrogen-bond acceptors (Lipinski definition) is 5. The molecule has 0 fully saturated rings. The number of halogens is 1. The second-order valence-electron chi connectivity index (χ2n) is 3.12. The van der Waals surface area contributed by atoms with E-state index in [0.717, 1.165) is 0 Å². The van der Waals surface area contributed by atoms with E-state index in [2.05, 4.69) is 15.3 Å². The first kappa shape index (κ1) is 11.3. The lowest BCUT2D eigenvalue weighted by molar-refractivity contribution is -0.384. The largest absolute Gasteiger partial charge is 0.334 e. The van der Waals surface area contributed by atoms with E-state index in [-0.39, 0.29) is 16.7 Å². The van der Waals surface area contributed by atoms with Crippen LogP contribution >= 0.6 is 11.6 Å². The number of nitrogens with zero attached hydrogens (tertiary/aromatic N) is 3. The SMILES string of the molecule is O=[N+]([O-])c1ccc(Cl)nc1Nc1ccncc1. The smallest absolute Gasteiger partial charge is 0.311 e. The summed E-state index contributed by atoms with van der Waals surface area (Å²) in [6.07, 6.45) is 3.14. The molecule has 86 valence electrons. The quantitative estimate of drug-likeness (QED) is 0.515. The molecule has 2 aromatic rings. The maximum atomic E-state index is 10.8. The van der Waals surface area contributed by atoms with Crippen LogP contribution in [0, 0.1) is 10.1 Å². The Balaban J connectivity index is 2.37. The third-order valence-electron chi connectivity index (χ3n) is 1.98. The summed E-state index contributed by atoms with van der Waals surface area (Å²) < 4.78 is 0. The van der Waals surface area contributed by atoms with E-state index in [9.17, 15) is 10.1 Å². The van der Waals surface area contributed by atoms with Crippen LogP contribution < -0.4 is 5.32 Å². The fraction of sp³-hybridized carbons (Fsp3) is 0. The molecule has 17 heavy (non-hydrogen) atoms. The average Bonchev–Trinajstić information content (AvgIpc) is 2.30. The van der Waals surface area contributed by atoms with Crippen LogP contribution in [0.4, 0.5) is 17.2 Å². The highest BCUT2D eigenvalue weighted by atomic mass is 35.5. The van der Waals surface area contributed by atoms with Crippen molar-refractivity contribution in [1.29, 1.82) is 0 Å². The van der Waals surface area contributed by atoms with Crippen molar-refractivity contribution < 1.29 is 4.92 Å². The zero-order chi connectivity index (χ0) is 12.3. The minimum Gasteiger partial charge on any atom is -0.334 e. The Morgan fingerprint density at radius 3 is 2.59 bits per heavy atom. The Morgan fingerprint density at radius 1 is 1.24 bits per heavy atom. The summed E-state index contributed by atoms with van der Waals surface area (Å²) >= 11 is 5.70. The second kappa shape index (κ2) is 4.75. The molecule has 0 radical (unpaired) electrons. The lowest BCUT2D eigenvalue weighted by atomic mass is 10.3. The summed E-state index contributed by atoms with van der Waals surface area (Å²) in [5.74, 6) is 0.105. The van der Waals surface area contributed by atoms with Gasteiger partial charge in [0, 0.05) is 24.1 Å². The van der Waals surface area contributed by atoms with Crippen molar-refractivity contribution in [1.82, 2.24) is 9.97 Å². The molecular formula is C10H7ClN4O2. The van der Waals surface area contributed by atoms with Crippen LogP contribution in [0.5, 0.6) is 0 Å². The minimum absolute atomic E-state index is 0.105. The van der Waals surface area contributed by atoms with Crippen molar-refractivity contribution in [2.24, 2.45) is 0 Å². The van der Waals surface area contributed by atoms with Crippen LogP contribution in [0.2, 0.25) is 5.15 Å². The number of aromatic nitrogens is 2. The van der Waals surface area contributed by atoms with Gasteiger partial charge in [-0.1, -0.05) is 11.6 Å². The summed E-state index contributed by atoms with van der Waals surface area (Å²) in [5.41, 5.74) is 0.518. The maximum Gasteiger partial charge on any atom is 0.311 e. The number of nitro groups is 1. The maximum absolute atomic E-state index is 10.8. The lowest BCUT2D eigenvalue weighted by Crippen LogP contribution is -1.99. The summed E-state index contributed by atoms with van der Waals surface area (Å²) in [5, 5.41) is 13.8. The predicted molar refractivity (Wildman–Crippen MR) is 63.4 cm³/mol. The van der Waals surface area contributed by atoms with E-state index in [1.54, 1.807) is 24.5 Å². The fourth-order valence-electron chi connectivity index (χ4n) is 1.24. The van der Waals surface area contributed by atoms with E-state index in [1.165, 1.54) is 12.1 Å². The molecule has 0 spiro atoms. The normalized spacial score (nSPS) is 9.94. The van der Waals surface area contributed by atoms with Crippen molar-refractivity contribution >= 4 is 28.8 Å². The van der Waals surface area contributed by atoms with E-state index >= 15 is 0 Å². The number of anilines is 2. The van der Waals surface area contributed by atoms with Crippen molar-refractivity contribution in [3.63, 3.8) is 0 Å². The van der Waals surface area contributed by atoms with Gasteiger partial charge in [-0.3, -0.25) is 15.1 Å². The number of pyridine rings is 2. The van der Waals surface area contributed by atoms with Crippen molar-refractivity contribution in [2.45, 2.75) is 0 Å². The van der Waals surface area contributed by atoms with Crippen LogP contribution in [0.3, 0.4) is 0 Å². The predicted octanol–water partition coefficient (Wildman–Crippen LogP) is 2.78. The number of nitrogens with one attached hydrogen (secondary N) is 1. The fourth-order valence-corrected chi connectivity index (χ4v) is 1.39. The first-order valence-corrected chi connectivity index (χ1v) is 5.02. The van der Waals surface area contributed by atoms with Crippen LogP contribution in [0.25, 0.3) is 0 Å². The molecule has 0 aromatic carbocycles. The molecule has 0 atom stereocenters. The van der Waals surface area contributed by atoms with Crippen molar-refractivity contribution in [2.75, 3.05) is 5.32 Å². The molecule has 0 aliphatic rings. The Labute approximate surface area is 101 Å². The van der Waals surface area contributed by atoms with Gasteiger partial charge in [0.1, 0.15) is 5.15 Å². The van der Waals surface area contributed by atoms with Crippen LogP contribution in [0.1, 0.15) is 0 Å². The van der Waals surface area contributed by atoms with E-state index < -0.39 is 4.92 Å². The van der Waals surface area contributed by atoms with Gasteiger partial charge in [-0.2, -0.15) is 0 Å². The number of hydrogen-bond donors (Lipinski definition) is 1. The van der Waals surface area contributed by atoms with Gasteiger partial charge in [0.05, 0.1) is 4.92 Å². The second-order valence-corrected chi connectivity index (χ2v) is 3.51. The highest BCUT2D eigenvalue weighted by molar-refractivity contribution is 6.29. The van der Waals surface area contributed by atoms with Gasteiger partial charge in [-0.25, -0.2) is 4.98 Å². The van der Waals surface area contributed by atoms with Crippen molar-refractivity contribution in [3.8, 4) is 0 Å². The zero-order valence-electron chi connectivity index (χ0n) is 8.50. The molecule has 0 aliphatic heterocycles. The molecular weight excluding hydrogens is 244 g/mol. The first-order valence-electron chi connectivity index (χ1n) is 4.65. The van der Waals surface area contributed by atoms with E-state index in [1.807, 2.05) is 0 Å².